The van der Waals surface area contributed by atoms with Crippen LogP contribution in [0.4, 0.5) is 0 Å². The molecule has 0 saturated carbocycles. The molecule has 132 valence electrons. The van der Waals surface area contributed by atoms with Crippen LogP contribution in [0.15, 0.2) is 24.3 Å². The zero-order valence-corrected chi connectivity index (χ0v) is 14.4. The van der Waals surface area contributed by atoms with E-state index in [9.17, 15) is 14.7 Å². The second kappa shape index (κ2) is 9.01. The van der Waals surface area contributed by atoms with E-state index in [-0.39, 0.29) is 37.0 Å². The summed E-state index contributed by atoms with van der Waals surface area (Å²) in [4.78, 5) is 23.2. The van der Waals surface area contributed by atoms with Crippen molar-refractivity contribution >= 4 is 23.4 Å². The molecule has 1 heterocycles. The first kappa shape index (κ1) is 18.7. The first-order valence-corrected chi connectivity index (χ1v) is 8.40. The van der Waals surface area contributed by atoms with E-state index in [2.05, 4.69) is 10.6 Å². The molecule has 1 aromatic carbocycles. The molecule has 0 aromatic heterocycles. The first-order chi connectivity index (χ1) is 11.5. The number of aliphatic hydroxyl groups excluding tert-OH is 1. The van der Waals surface area contributed by atoms with E-state index in [1.165, 1.54) is 6.92 Å². The van der Waals surface area contributed by atoms with Gasteiger partial charge in [-0.2, -0.15) is 0 Å². The SMILES string of the molecule is CC(=O)N[C@@H]1CC[C@H](CC(=O)NCc2ccc(Cl)cc2)O[C@@H]1CO. The van der Waals surface area contributed by atoms with E-state index in [4.69, 9.17) is 16.3 Å². The van der Waals surface area contributed by atoms with Crippen LogP contribution in [-0.4, -0.2) is 41.8 Å². The molecule has 2 amide bonds. The second-order valence-electron chi connectivity index (χ2n) is 5.97. The average Bonchev–Trinajstić information content (AvgIpc) is 2.55. The fourth-order valence-corrected chi connectivity index (χ4v) is 2.92. The van der Waals surface area contributed by atoms with Gasteiger partial charge < -0.3 is 20.5 Å². The summed E-state index contributed by atoms with van der Waals surface area (Å²) in [6, 6.07) is 7.07. The van der Waals surface area contributed by atoms with Crippen LogP contribution in [0, 0.1) is 0 Å². The summed E-state index contributed by atoms with van der Waals surface area (Å²) < 4.78 is 5.74. The summed E-state index contributed by atoms with van der Waals surface area (Å²) in [5, 5.41) is 15.7. The van der Waals surface area contributed by atoms with E-state index < -0.39 is 6.10 Å². The molecule has 0 spiro atoms. The maximum absolute atomic E-state index is 12.1. The predicted molar refractivity (Wildman–Crippen MR) is 90.5 cm³/mol. The molecular formula is C17H23ClN2O4. The van der Waals surface area contributed by atoms with Crippen LogP contribution in [0.25, 0.3) is 0 Å². The van der Waals surface area contributed by atoms with Gasteiger partial charge in [-0.1, -0.05) is 23.7 Å². The molecule has 1 aliphatic rings. The fraction of sp³-hybridized carbons (Fsp3) is 0.529. The summed E-state index contributed by atoms with van der Waals surface area (Å²) in [7, 11) is 0. The monoisotopic (exact) mass is 354 g/mol. The van der Waals surface area contributed by atoms with Gasteiger partial charge in [0.1, 0.15) is 6.10 Å². The number of halogens is 1. The van der Waals surface area contributed by atoms with E-state index in [0.717, 1.165) is 5.56 Å². The normalized spacial score (nSPS) is 23.5. The largest absolute Gasteiger partial charge is 0.394 e. The van der Waals surface area contributed by atoms with E-state index in [1.54, 1.807) is 12.1 Å². The Morgan fingerprint density at radius 1 is 1.29 bits per heavy atom. The summed E-state index contributed by atoms with van der Waals surface area (Å²) in [6.45, 7) is 1.68. The Morgan fingerprint density at radius 3 is 2.62 bits per heavy atom. The molecule has 0 unspecified atom stereocenters. The average molecular weight is 355 g/mol. The third-order valence-corrected chi connectivity index (χ3v) is 4.25. The second-order valence-corrected chi connectivity index (χ2v) is 6.41. The van der Waals surface area contributed by atoms with Gasteiger partial charge in [0.05, 0.1) is 25.2 Å². The van der Waals surface area contributed by atoms with Crippen LogP contribution in [0.5, 0.6) is 0 Å². The summed E-state index contributed by atoms with van der Waals surface area (Å²) in [5.41, 5.74) is 0.969. The van der Waals surface area contributed by atoms with Crippen LogP contribution in [0.1, 0.15) is 31.7 Å². The minimum Gasteiger partial charge on any atom is -0.394 e. The minimum absolute atomic E-state index is 0.107. The van der Waals surface area contributed by atoms with Crippen molar-refractivity contribution in [1.82, 2.24) is 10.6 Å². The highest BCUT2D eigenvalue weighted by molar-refractivity contribution is 6.30. The number of rotatable bonds is 6. The van der Waals surface area contributed by atoms with Crippen molar-refractivity contribution in [2.45, 2.75) is 51.0 Å². The van der Waals surface area contributed by atoms with Crippen molar-refractivity contribution in [3.05, 3.63) is 34.9 Å². The molecule has 0 radical (unpaired) electrons. The molecule has 6 nitrogen and oxygen atoms in total. The summed E-state index contributed by atoms with van der Waals surface area (Å²) in [6.07, 6.45) is 0.848. The Bertz CT molecular complexity index is 564. The minimum atomic E-state index is -0.475. The van der Waals surface area contributed by atoms with E-state index in [0.29, 0.717) is 24.4 Å². The van der Waals surface area contributed by atoms with Gasteiger partial charge in [-0.3, -0.25) is 9.59 Å². The number of carbonyl (C=O) groups excluding carboxylic acids is 2. The molecule has 1 fully saturated rings. The number of aliphatic hydroxyl groups is 1. The van der Waals surface area contributed by atoms with E-state index >= 15 is 0 Å². The maximum Gasteiger partial charge on any atom is 0.222 e. The molecule has 3 atom stereocenters. The molecule has 1 aromatic rings. The lowest BCUT2D eigenvalue weighted by Crippen LogP contribution is -2.51. The van der Waals surface area contributed by atoms with Crippen LogP contribution >= 0.6 is 11.6 Å². The summed E-state index contributed by atoms with van der Waals surface area (Å²) >= 11 is 5.82. The third-order valence-electron chi connectivity index (χ3n) is 4.00. The number of hydrogen-bond acceptors (Lipinski definition) is 4. The van der Waals surface area contributed by atoms with Gasteiger partial charge in [-0.25, -0.2) is 0 Å². The van der Waals surface area contributed by atoms with Crippen molar-refractivity contribution in [2.24, 2.45) is 0 Å². The number of nitrogens with one attached hydrogen (secondary N) is 2. The maximum atomic E-state index is 12.1. The lowest BCUT2D eigenvalue weighted by molar-refractivity contribution is -0.135. The van der Waals surface area contributed by atoms with Gasteiger partial charge in [0, 0.05) is 18.5 Å². The molecule has 1 aliphatic heterocycles. The van der Waals surface area contributed by atoms with Gasteiger partial charge in [-0.05, 0) is 30.5 Å². The lowest BCUT2D eigenvalue weighted by Gasteiger charge is -2.35. The Labute approximate surface area is 146 Å². The van der Waals surface area contributed by atoms with Crippen LogP contribution < -0.4 is 10.6 Å². The Hall–Kier alpha value is -1.63. The molecule has 3 N–H and O–H groups in total. The van der Waals surface area contributed by atoms with Crippen LogP contribution in [0.2, 0.25) is 5.02 Å². The molecular weight excluding hydrogens is 332 g/mol. The molecule has 24 heavy (non-hydrogen) atoms. The predicted octanol–water partition coefficient (Wildman–Crippen LogP) is 1.39. The number of ether oxygens (including phenoxy) is 1. The van der Waals surface area contributed by atoms with Crippen molar-refractivity contribution in [3.63, 3.8) is 0 Å². The molecule has 1 saturated heterocycles. The number of amides is 2. The van der Waals surface area contributed by atoms with Gasteiger partial charge >= 0.3 is 0 Å². The van der Waals surface area contributed by atoms with Crippen molar-refractivity contribution in [3.8, 4) is 0 Å². The first-order valence-electron chi connectivity index (χ1n) is 8.02. The highest BCUT2D eigenvalue weighted by Gasteiger charge is 2.32. The van der Waals surface area contributed by atoms with Gasteiger partial charge in [0.2, 0.25) is 11.8 Å². The van der Waals surface area contributed by atoms with Crippen LogP contribution in [0.3, 0.4) is 0 Å². The molecule has 0 aliphatic carbocycles. The zero-order valence-electron chi connectivity index (χ0n) is 13.6. The number of carbonyl (C=O) groups is 2. The van der Waals surface area contributed by atoms with Crippen molar-refractivity contribution in [2.75, 3.05) is 6.61 Å². The van der Waals surface area contributed by atoms with Gasteiger partial charge in [0.25, 0.3) is 0 Å². The standard InChI is InChI=1S/C17H23ClN2O4/c1-11(22)20-15-7-6-14(24-16(15)10-21)8-17(23)19-9-12-2-4-13(18)5-3-12/h2-5,14-16,21H,6-10H2,1H3,(H,19,23)(H,20,22)/t14-,15-,16-/m1/s1. The highest BCUT2D eigenvalue weighted by Crippen LogP contribution is 2.22. The Kier molecular flexibility index (Phi) is 7.02. The molecule has 0 bridgehead atoms. The fourth-order valence-electron chi connectivity index (χ4n) is 2.79. The summed E-state index contributed by atoms with van der Waals surface area (Å²) in [5.74, 6) is -0.258. The quantitative estimate of drug-likeness (QED) is 0.720. The number of benzene rings is 1. The van der Waals surface area contributed by atoms with Crippen LogP contribution in [-0.2, 0) is 20.9 Å². The third kappa shape index (κ3) is 5.78. The number of hydrogen-bond donors (Lipinski definition) is 3. The van der Waals surface area contributed by atoms with Crippen molar-refractivity contribution < 1.29 is 19.4 Å². The molecule has 2 rings (SSSR count). The Balaban J connectivity index is 1.77. The lowest BCUT2D eigenvalue weighted by atomic mass is 9.97. The van der Waals surface area contributed by atoms with Gasteiger partial charge in [0.15, 0.2) is 0 Å². The topological polar surface area (TPSA) is 87.7 Å². The van der Waals surface area contributed by atoms with Gasteiger partial charge in [-0.15, -0.1) is 0 Å². The smallest absolute Gasteiger partial charge is 0.222 e. The van der Waals surface area contributed by atoms with Crippen molar-refractivity contribution in [1.29, 1.82) is 0 Å². The zero-order chi connectivity index (χ0) is 17.5. The van der Waals surface area contributed by atoms with E-state index in [1.807, 2.05) is 12.1 Å². The Morgan fingerprint density at radius 2 is 2.00 bits per heavy atom. The molecule has 7 heteroatoms. The highest BCUT2D eigenvalue weighted by atomic mass is 35.5.